The molecule has 3 heteroatoms. The minimum Gasteiger partial charge on any atom is -0.374 e. The van der Waals surface area contributed by atoms with Crippen molar-refractivity contribution in [1.29, 1.82) is 0 Å². The fourth-order valence-corrected chi connectivity index (χ4v) is 0.688. The van der Waals surface area contributed by atoms with E-state index in [1.807, 2.05) is 6.92 Å². The first-order chi connectivity index (χ1) is 4.35. The summed E-state index contributed by atoms with van der Waals surface area (Å²) in [6, 6.07) is 0. The topological polar surface area (TPSA) is 24.4 Å². The van der Waals surface area contributed by atoms with Crippen LogP contribution in [0.4, 0.5) is 0 Å². The average Bonchev–Trinajstić information content (AvgIpc) is 1.88. The SMILES string of the molecule is CCN=C(CC)NCC.Cl. The van der Waals surface area contributed by atoms with Crippen molar-refractivity contribution in [3.8, 4) is 0 Å². The molecule has 0 aliphatic heterocycles. The lowest BCUT2D eigenvalue weighted by Crippen LogP contribution is -2.22. The lowest BCUT2D eigenvalue weighted by Gasteiger charge is -2.02. The first kappa shape index (κ1) is 12.4. The second kappa shape index (κ2) is 8.76. The molecule has 0 aromatic heterocycles. The van der Waals surface area contributed by atoms with Gasteiger partial charge in [-0.05, 0) is 13.8 Å². The van der Waals surface area contributed by atoms with Crippen molar-refractivity contribution >= 4 is 18.2 Å². The normalized spacial score (nSPS) is 10.5. The molecule has 0 heterocycles. The van der Waals surface area contributed by atoms with Gasteiger partial charge in [-0.15, -0.1) is 12.4 Å². The first-order valence-electron chi connectivity index (χ1n) is 3.62. The van der Waals surface area contributed by atoms with Crippen molar-refractivity contribution in [2.75, 3.05) is 13.1 Å². The summed E-state index contributed by atoms with van der Waals surface area (Å²) in [5, 5.41) is 3.18. The van der Waals surface area contributed by atoms with E-state index in [0.29, 0.717) is 0 Å². The zero-order chi connectivity index (χ0) is 7.11. The number of amidine groups is 1. The lowest BCUT2D eigenvalue weighted by atomic mass is 10.4. The Bertz CT molecular complexity index is 91.6. The van der Waals surface area contributed by atoms with Crippen LogP contribution in [0.5, 0.6) is 0 Å². The van der Waals surface area contributed by atoms with Gasteiger partial charge < -0.3 is 5.32 Å². The van der Waals surface area contributed by atoms with Gasteiger partial charge in [-0.1, -0.05) is 6.92 Å². The maximum atomic E-state index is 4.24. The molecule has 0 spiro atoms. The fourth-order valence-electron chi connectivity index (χ4n) is 0.688. The van der Waals surface area contributed by atoms with E-state index in [9.17, 15) is 0 Å². The summed E-state index contributed by atoms with van der Waals surface area (Å²) in [4.78, 5) is 4.24. The molecule has 10 heavy (non-hydrogen) atoms. The Hall–Kier alpha value is -0.240. The van der Waals surface area contributed by atoms with Crippen molar-refractivity contribution in [2.24, 2.45) is 4.99 Å². The summed E-state index contributed by atoms with van der Waals surface area (Å²) in [7, 11) is 0. The largest absolute Gasteiger partial charge is 0.374 e. The minimum absolute atomic E-state index is 0. The van der Waals surface area contributed by atoms with Gasteiger partial charge in [0.05, 0.1) is 5.84 Å². The van der Waals surface area contributed by atoms with E-state index < -0.39 is 0 Å². The van der Waals surface area contributed by atoms with Crippen molar-refractivity contribution in [3.63, 3.8) is 0 Å². The van der Waals surface area contributed by atoms with Crippen LogP contribution in [0.2, 0.25) is 0 Å². The summed E-state index contributed by atoms with van der Waals surface area (Å²) >= 11 is 0. The van der Waals surface area contributed by atoms with Crippen molar-refractivity contribution in [1.82, 2.24) is 5.32 Å². The van der Waals surface area contributed by atoms with Crippen molar-refractivity contribution < 1.29 is 0 Å². The molecule has 0 aromatic rings. The number of hydrogen-bond donors (Lipinski definition) is 1. The van der Waals surface area contributed by atoms with Gasteiger partial charge in [0.1, 0.15) is 0 Å². The smallest absolute Gasteiger partial charge is 0.0960 e. The van der Waals surface area contributed by atoms with E-state index in [2.05, 4.69) is 24.2 Å². The monoisotopic (exact) mass is 164 g/mol. The van der Waals surface area contributed by atoms with Crippen LogP contribution < -0.4 is 5.32 Å². The Morgan fingerprint density at radius 2 is 1.90 bits per heavy atom. The van der Waals surface area contributed by atoms with E-state index in [4.69, 9.17) is 0 Å². The van der Waals surface area contributed by atoms with Gasteiger partial charge in [-0.2, -0.15) is 0 Å². The molecule has 0 rings (SSSR count). The highest BCUT2D eigenvalue weighted by Crippen LogP contribution is 1.80. The minimum atomic E-state index is 0. The number of nitrogens with zero attached hydrogens (tertiary/aromatic N) is 1. The number of hydrogen-bond acceptors (Lipinski definition) is 1. The van der Waals surface area contributed by atoms with Crippen LogP contribution in [0.1, 0.15) is 27.2 Å². The van der Waals surface area contributed by atoms with Crippen LogP contribution in [-0.2, 0) is 0 Å². The van der Waals surface area contributed by atoms with Gasteiger partial charge in [-0.3, -0.25) is 4.99 Å². The second-order valence-corrected chi connectivity index (χ2v) is 1.80. The van der Waals surface area contributed by atoms with Gasteiger partial charge in [0, 0.05) is 19.5 Å². The van der Waals surface area contributed by atoms with Crippen molar-refractivity contribution in [3.05, 3.63) is 0 Å². The van der Waals surface area contributed by atoms with E-state index in [1.54, 1.807) is 0 Å². The summed E-state index contributed by atoms with van der Waals surface area (Å²) < 4.78 is 0. The standard InChI is InChI=1S/C7H16N2.ClH/c1-4-7(8-5-2)9-6-3;/h4-6H2,1-3H3,(H,8,9);1H. The molecule has 0 amide bonds. The molecule has 2 nitrogen and oxygen atoms in total. The molecule has 0 aliphatic rings. The fraction of sp³-hybridized carbons (Fsp3) is 0.857. The molecule has 0 fully saturated rings. The third-order valence-corrected chi connectivity index (χ3v) is 1.06. The summed E-state index contributed by atoms with van der Waals surface area (Å²) in [6.45, 7) is 8.10. The molecule has 1 N–H and O–H groups in total. The second-order valence-electron chi connectivity index (χ2n) is 1.80. The third-order valence-electron chi connectivity index (χ3n) is 1.06. The Morgan fingerprint density at radius 1 is 1.30 bits per heavy atom. The summed E-state index contributed by atoms with van der Waals surface area (Å²) in [5.41, 5.74) is 0. The highest BCUT2D eigenvalue weighted by Gasteiger charge is 1.87. The molecule has 0 aliphatic carbocycles. The van der Waals surface area contributed by atoms with Crippen LogP contribution >= 0.6 is 12.4 Å². The third kappa shape index (κ3) is 5.89. The Labute approximate surface area is 69.5 Å². The molecule has 0 atom stereocenters. The number of nitrogens with one attached hydrogen (secondary N) is 1. The van der Waals surface area contributed by atoms with Crippen LogP contribution in [0, 0.1) is 0 Å². The van der Waals surface area contributed by atoms with Gasteiger partial charge in [0.2, 0.25) is 0 Å². The average molecular weight is 165 g/mol. The zero-order valence-electron chi connectivity index (χ0n) is 6.98. The number of aliphatic imine (C=N–C) groups is 1. The summed E-state index contributed by atoms with van der Waals surface area (Å²) in [5.74, 6) is 1.12. The van der Waals surface area contributed by atoms with E-state index in [0.717, 1.165) is 25.3 Å². The molecule has 0 unspecified atom stereocenters. The number of rotatable bonds is 3. The highest BCUT2D eigenvalue weighted by atomic mass is 35.5. The highest BCUT2D eigenvalue weighted by molar-refractivity contribution is 5.85. The lowest BCUT2D eigenvalue weighted by molar-refractivity contribution is 0.916. The van der Waals surface area contributed by atoms with Crippen molar-refractivity contribution in [2.45, 2.75) is 27.2 Å². The molecular weight excluding hydrogens is 148 g/mol. The van der Waals surface area contributed by atoms with Crippen LogP contribution in [-0.4, -0.2) is 18.9 Å². The number of halogens is 1. The Balaban J connectivity index is 0. The van der Waals surface area contributed by atoms with Crippen LogP contribution in [0.25, 0.3) is 0 Å². The van der Waals surface area contributed by atoms with E-state index in [-0.39, 0.29) is 12.4 Å². The molecule has 0 saturated heterocycles. The Morgan fingerprint density at radius 3 is 2.20 bits per heavy atom. The van der Waals surface area contributed by atoms with Gasteiger partial charge in [0.25, 0.3) is 0 Å². The zero-order valence-corrected chi connectivity index (χ0v) is 7.79. The predicted molar refractivity (Wildman–Crippen MR) is 49.2 cm³/mol. The van der Waals surface area contributed by atoms with Gasteiger partial charge >= 0.3 is 0 Å². The van der Waals surface area contributed by atoms with Gasteiger partial charge in [-0.25, -0.2) is 0 Å². The molecule has 0 saturated carbocycles. The molecule has 0 radical (unpaired) electrons. The Kier molecular flexibility index (Phi) is 10.9. The first-order valence-corrected chi connectivity index (χ1v) is 3.62. The molecule has 0 aromatic carbocycles. The summed E-state index contributed by atoms with van der Waals surface area (Å²) in [6.07, 6.45) is 1.02. The van der Waals surface area contributed by atoms with Gasteiger partial charge in [0.15, 0.2) is 0 Å². The molecule has 0 bridgehead atoms. The maximum Gasteiger partial charge on any atom is 0.0960 e. The quantitative estimate of drug-likeness (QED) is 0.500. The maximum absolute atomic E-state index is 4.24. The van der Waals surface area contributed by atoms with E-state index in [1.165, 1.54) is 0 Å². The van der Waals surface area contributed by atoms with Crippen LogP contribution in [0.3, 0.4) is 0 Å². The predicted octanol–water partition coefficient (Wildman–Crippen LogP) is 1.85. The van der Waals surface area contributed by atoms with E-state index >= 15 is 0 Å². The molecular formula is C7H17ClN2. The van der Waals surface area contributed by atoms with Crippen LogP contribution in [0.15, 0.2) is 4.99 Å². The molecule has 62 valence electrons.